The molecule has 1 saturated heterocycles. The van der Waals surface area contributed by atoms with Crippen molar-refractivity contribution < 1.29 is 4.79 Å². The number of rotatable bonds is 3. The summed E-state index contributed by atoms with van der Waals surface area (Å²) >= 11 is 0. The molecule has 2 aromatic rings. The molecule has 0 bridgehead atoms. The Bertz CT molecular complexity index is 769. The Morgan fingerprint density at radius 2 is 1.92 bits per heavy atom. The average molecular weight is 320 g/mol. The third-order valence-corrected chi connectivity index (χ3v) is 5.49. The molecule has 0 radical (unpaired) electrons. The molecule has 24 heavy (non-hydrogen) atoms. The Labute approximate surface area is 143 Å². The molecule has 124 valence electrons. The normalized spacial score (nSPS) is 22.4. The minimum absolute atomic E-state index is 0.193. The van der Waals surface area contributed by atoms with Gasteiger partial charge in [-0.05, 0) is 35.6 Å². The van der Waals surface area contributed by atoms with E-state index in [2.05, 4.69) is 48.3 Å². The fourth-order valence-electron chi connectivity index (χ4n) is 4.25. The lowest BCUT2D eigenvalue weighted by Crippen LogP contribution is -2.48. The van der Waals surface area contributed by atoms with Gasteiger partial charge in [0.1, 0.15) is 0 Å². The van der Waals surface area contributed by atoms with Gasteiger partial charge in [0.15, 0.2) is 0 Å². The molecule has 0 aromatic heterocycles. The summed E-state index contributed by atoms with van der Waals surface area (Å²) in [6.07, 6.45) is 1.01. The van der Waals surface area contributed by atoms with E-state index >= 15 is 0 Å². The molecule has 2 aliphatic rings. The van der Waals surface area contributed by atoms with E-state index in [0.717, 1.165) is 30.6 Å². The standard InChI is InChI=1S/C21H24N2O/c1-3-15-9-14(2)20-17(10-15)18-11-22-12-19(18)23(21(20)24)13-16-7-5-4-6-8-16/h4-10,18-19,22H,3,11-13H2,1-2H3/t18-,19+/m0/s1. The van der Waals surface area contributed by atoms with Gasteiger partial charge >= 0.3 is 0 Å². The van der Waals surface area contributed by atoms with Gasteiger partial charge in [-0.15, -0.1) is 0 Å². The van der Waals surface area contributed by atoms with E-state index in [0.29, 0.717) is 12.5 Å². The van der Waals surface area contributed by atoms with Gasteiger partial charge in [-0.3, -0.25) is 4.79 Å². The van der Waals surface area contributed by atoms with Crippen LogP contribution in [-0.4, -0.2) is 29.9 Å². The van der Waals surface area contributed by atoms with Crippen LogP contribution in [0, 0.1) is 6.92 Å². The summed E-state index contributed by atoms with van der Waals surface area (Å²) in [5.41, 5.74) is 5.85. The number of fused-ring (bicyclic) bond motifs is 3. The fourth-order valence-corrected chi connectivity index (χ4v) is 4.25. The van der Waals surface area contributed by atoms with Crippen molar-refractivity contribution in [2.75, 3.05) is 13.1 Å². The zero-order chi connectivity index (χ0) is 16.7. The van der Waals surface area contributed by atoms with Crippen molar-refractivity contribution >= 4 is 5.91 Å². The second-order valence-electron chi connectivity index (χ2n) is 6.98. The highest BCUT2D eigenvalue weighted by molar-refractivity contribution is 5.99. The molecule has 0 aliphatic carbocycles. The van der Waals surface area contributed by atoms with Crippen LogP contribution in [0.25, 0.3) is 0 Å². The Morgan fingerprint density at radius 3 is 2.67 bits per heavy atom. The van der Waals surface area contributed by atoms with Crippen LogP contribution in [0.1, 0.15) is 45.5 Å². The van der Waals surface area contributed by atoms with Gasteiger partial charge in [0.25, 0.3) is 5.91 Å². The van der Waals surface area contributed by atoms with Gasteiger partial charge in [0.2, 0.25) is 0 Å². The lowest BCUT2D eigenvalue weighted by Gasteiger charge is -2.39. The van der Waals surface area contributed by atoms with E-state index in [4.69, 9.17) is 0 Å². The van der Waals surface area contributed by atoms with Crippen LogP contribution in [0.15, 0.2) is 42.5 Å². The fraction of sp³-hybridized carbons (Fsp3) is 0.381. The monoisotopic (exact) mass is 320 g/mol. The number of aryl methyl sites for hydroxylation is 2. The molecule has 2 aliphatic heterocycles. The summed E-state index contributed by atoms with van der Waals surface area (Å²) in [5.74, 6) is 0.602. The molecule has 3 heteroatoms. The van der Waals surface area contributed by atoms with Crippen LogP contribution < -0.4 is 5.32 Å². The third-order valence-electron chi connectivity index (χ3n) is 5.49. The summed E-state index contributed by atoms with van der Waals surface area (Å²) in [6, 6.07) is 15.0. The molecule has 3 nitrogen and oxygen atoms in total. The summed E-state index contributed by atoms with van der Waals surface area (Å²) in [6.45, 7) is 6.80. The van der Waals surface area contributed by atoms with Crippen LogP contribution in [0.4, 0.5) is 0 Å². The summed E-state index contributed by atoms with van der Waals surface area (Å²) in [4.78, 5) is 15.4. The number of hydrogen-bond donors (Lipinski definition) is 1. The topological polar surface area (TPSA) is 32.3 Å². The largest absolute Gasteiger partial charge is 0.329 e. The van der Waals surface area contributed by atoms with Crippen LogP contribution in [-0.2, 0) is 13.0 Å². The van der Waals surface area contributed by atoms with E-state index in [1.54, 1.807) is 0 Å². The highest BCUT2D eigenvalue weighted by Gasteiger charge is 2.42. The number of carbonyl (C=O) groups is 1. The molecule has 0 unspecified atom stereocenters. The van der Waals surface area contributed by atoms with Crippen LogP contribution in [0.5, 0.6) is 0 Å². The van der Waals surface area contributed by atoms with Gasteiger partial charge < -0.3 is 10.2 Å². The first kappa shape index (κ1) is 15.4. The number of hydrogen-bond acceptors (Lipinski definition) is 2. The maximum atomic E-state index is 13.3. The molecular weight excluding hydrogens is 296 g/mol. The second kappa shape index (κ2) is 6.06. The van der Waals surface area contributed by atoms with Crippen molar-refractivity contribution in [3.05, 3.63) is 70.3 Å². The van der Waals surface area contributed by atoms with Gasteiger partial charge in [-0.25, -0.2) is 0 Å². The van der Waals surface area contributed by atoms with Crippen LogP contribution in [0.2, 0.25) is 0 Å². The first-order chi connectivity index (χ1) is 11.7. The van der Waals surface area contributed by atoms with E-state index < -0.39 is 0 Å². The van der Waals surface area contributed by atoms with Gasteiger partial charge in [-0.1, -0.05) is 49.4 Å². The smallest absolute Gasteiger partial charge is 0.255 e. The highest BCUT2D eigenvalue weighted by Crippen LogP contribution is 2.38. The molecule has 0 saturated carbocycles. The second-order valence-corrected chi connectivity index (χ2v) is 6.98. The molecular formula is C21H24N2O. The first-order valence-corrected chi connectivity index (χ1v) is 8.88. The van der Waals surface area contributed by atoms with Crippen molar-refractivity contribution in [2.24, 2.45) is 0 Å². The van der Waals surface area contributed by atoms with E-state index in [1.165, 1.54) is 16.7 Å². The molecule has 4 rings (SSSR count). The molecule has 2 aromatic carbocycles. The minimum Gasteiger partial charge on any atom is -0.329 e. The SMILES string of the molecule is CCc1cc(C)c2c(c1)[C@@H]1CNC[C@H]1N(Cc1ccccc1)C2=O. The lowest BCUT2D eigenvalue weighted by atomic mass is 9.81. The minimum atomic E-state index is 0.193. The zero-order valence-electron chi connectivity index (χ0n) is 14.4. The van der Waals surface area contributed by atoms with E-state index in [-0.39, 0.29) is 11.9 Å². The Hall–Kier alpha value is -2.13. The van der Waals surface area contributed by atoms with Crippen LogP contribution >= 0.6 is 0 Å². The molecule has 1 amide bonds. The van der Waals surface area contributed by atoms with E-state index in [1.807, 2.05) is 18.2 Å². The lowest BCUT2D eigenvalue weighted by molar-refractivity contribution is 0.0629. The first-order valence-electron chi connectivity index (χ1n) is 8.88. The molecule has 2 heterocycles. The third kappa shape index (κ3) is 2.44. The maximum Gasteiger partial charge on any atom is 0.255 e. The average Bonchev–Trinajstić information content (AvgIpc) is 3.08. The number of nitrogens with one attached hydrogen (secondary N) is 1. The number of nitrogens with zero attached hydrogens (tertiary/aromatic N) is 1. The Balaban J connectivity index is 1.78. The van der Waals surface area contributed by atoms with E-state index in [9.17, 15) is 4.79 Å². The molecule has 1 N–H and O–H groups in total. The Kier molecular flexibility index (Phi) is 3.89. The summed E-state index contributed by atoms with van der Waals surface area (Å²) in [5, 5.41) is 3.50. The Morgan fingerprint density at radius 1 is 1.12 bits per heavy atom. The van der Waals surface area contributed by atoms with Crippen molar-refractivity contribution in [3.8, 4) is 0 Å². The molecule has 0 spiro atoms. The van der Waals surface area contributed by atoms with Crippen molar-refractivity contribution in [1.82, 2.24) is 10.2 Å². The number of benzene rings is 2. The van der Waals surface area contributed by atoms with Crippen molar-refractivity contribution in [1.29, 1.82) is 0 Å². The van der Waals surface area contributed by atoms with Crippen LogP contribution in [0.3, 0.4) is 0 Å². The number of amides is 1. The molecule has 2 atom stereocenters. The van der Waals surface area contributed by atoms with Crippen molar-refractivity contribution in [3.63, 3.8) is 0 Å². The molecule has 1 fully saturated rings. The summed E-state index contributed by atoms with van der Waals surface area (Å²) < 4.78 is 0. The van der Waals surface area contributed by atoms with Gasteiger partial charge in [-0.2, -0.15) is 0 Å². The van der Waals surface area contributed by atoms with Gasteiger partial charge in [0.05, 0.1) is 6.04 Å². The predicted octanol–water partition coefficient (Wildman–Crippen LogP) is 3.27. The van der Waals surface area contributed by atoms with Crippen molar-refractivity contribution in [2.45, 2.75) is 38.8 Å². The summed E-state index contributed by atoms with van der Waals surface area (Å²) in [7, 11) is 0. The quantitative estimate of drug-likeness (QED) is 0.941. The maximum absolute atomic E-state index is 13.3. The highest BCUT2D eigenvalue weighted by atomic mass is 16.2. The number of carbonyl (C=O) groups excluding carboxylic acids is 1. The zero-order valence-corrected chi connectivity index (χ0v) is 14.4. The van der Waals surface area contributed by atoms with Gasteiger partial charge in [0, 0.05) is 31.1 Å². The predicted molar refractivity (Wildman–Crippen MR) is 96.3 cm³/mol.